The van der Waals surface area contributed by atoms with Gasteiger partial charge in [0.2, 0.25) is 0 Å². The zero-order chi connectivity index (χ0) is 45.1. The molecular weight excluding hydrogens is 769 g/mol. The number of esters is 3. The van der Waals surface area contributed by atoms with Gasteiger partial charge in [-0.2, -0.15) is 0 Å². The maximum Gasteiger partial charge on any atom is 0.306 e. The van der Waals surface area contributed by atoms with Crippen LogP contribution in [0.2, 0.25) is 0 Å². The Morgan fingerprint density at radius 3 is 1.15 bits per heavy atom. The minimum Gasteiger partial charge on any atom is -0.462 e. The Hall–Kier alpha value is -3.93. The summed E-state index contributed by atoms with van der Waals surface area (Å²) >= 11 is 0. The lowest BCUT2D eigenvalue weighted by molar-refractivity contribution is -0.167. The molecule has 0 aliphatic rings. The van der Waals surface area contributed by atoms with Gasteiger partial charge in [0.15, 0.2) is 6.10 Å². The summed E-state index contributed by atoms with van der Waals surface area (Å²) in [6.07, 6.45) is 66.5. The highest BCUT2D eigenvalue weighted by molar-refractivity contribution is 5.71. The molecule has 0 saturated heterocycles. The summed E-state index contributed by atoms with van der Waals surface area (Å²) in [4.78, 5) is 37.8. The van der Waals surface area contributed by atoms with Crippen molar-refractivity contribution in [3.63, 3.8) is 0 Å². The number of hydrogen-bond donors (Lipinski definition) is 0. The van der Waals surface area contributed by atoms with E-state index in [4.69, 9.17) is 14.2 Å². The number of carbonyl (C=O) groups excluding carboxylic acids is 3. The van der Waals surface area contributed by atoms with E-state index in [-0.39, 0.29) is 37.5 Å². The van der Waals surface area contributed by atoms with E-state index in [1.807, 2.05) is 60.8 Å². The third-order valence-corrected chi connectivity index (χ3v) is 10.2. The minimum atomic E-state index is -0.819. The predicted octanol–water partition coefficient (Wildman–Crippen LogP) is 16.4. The smallest absolute Gasteiger partial charge is 0.306 e. The molecule has 1 atom stereocenters. The zero-order valence-corrected chi connectivity index (χ0v) is 39.8. The molecule has 0 rings (SSSR count). The molecule has 0 aromatic heterocycles. The highest BCUT2D eigenvalue weighted by Gasteiger charge is 2.19. The van der Waals surface area contributed by atoms with Gasteiger partial charge in [-0.25, -0.2) is 0 Å². The fourth-order valence-corrected chi connectivity index (χ4v) is 6.41. The standard InChI is InChI=1S/C56H90O6/c1-4-7-10-13-16-19-21-23-25-27-29-30-32-34-37-40-43-46-49-55(58)61-52-53(51-60-54(57)48-45-42-39-36-18-15-12-9-6-3)62-56(59)50-47-44-41-38-35-33-31-28-26-24-22-20-17-14-11-8-5-2/h8,11,14,17,20,22,24-31,33,35-36,39,53H,4-7,9-10,12-13,15-16,18-19,21,23,32,34,37-38,40-52H2,1-3H3/b11-8-,17-14-,22-20-,26-24-,27-25-,30-29-,31-28+,35-33-,39-36-. The molecule has 0 radical (unpaired) electrons. The van der Waals surface area contributed by atoms with E-state index in [1.165, 1.54) is 77.0 Å². The zero-order valence-electron chi connectivity index (χ0n) is 39.8. The Morgan fingerprint density at radius 1 is 0.339 bits per heavy atom. The van der Waals surface area contributed by atoms with Crippen molar-refractivity contribution in [3.05, 3.63) is 109 Å². The van der Waals surface area contributed by atoms with Crippen molar-refractivity contribution in [2.75, 3.05) is 13.2 Å². The molecule has 0 aromatic rings. The van der Waals surface area contributed by atoms with Crippen LogP contribution in [0, 0.1) is 0 Å². The Bertz CT molecular complexity index is 1310. The Labute approximate surface area is 380 Å². The van der Waals surface area contributed by atoms with E-state index in [1.54, 1.807) is 0 Å². The van der Waals surface area contributed by atoms with Crippen LogP contribution >= 0.6 is 0 Å². The quantitative estimate of drug-likeness (QED) is 0.0200. The second-order valence-corrected chi connectivity index (χ2v) is 16.2. The van der Waals surface area contributed by atoms with Crippen molar-refractivity contribution >= 4 is 17.9 Å². The Morgan fingerprint density at radius 2 is 0.661 bits per heavy atom. The number of hydrogen-bond acceptors (Lipinski definition) is 6. The van der Waals surface area contributed by atoms with E-state index < -0.39 is 6.10 Å². The molecule has 62 heavy (non-hydrogen) atoms. The highest BCUT2D eigenvalue weighted by atomic mass is 16.6. The highest BCUT2D eigenvalue weighted by Crippen LogP contribution is 2.12. The topological polar surface area (TPSA) is 78.9 Å². The van der Waals surface area contributed by atoms with Crippen molar-refractivity contribution < 1.29 is 28.6 Å². The molecular formula is C56H90O6. The third-order valence-electron chi connectivity index (χ3n) is 10.2. The van der Waals surface area contributed by atoms with Crippen molar-refractivity contribution in [2.45, 2.75) is 213 Å². The third kappa shape index (κ3) is 47.1. The van der Waals surface area contributed by atoms with Crippen LogP contribution in [0.25, 0.3) is 0 Å². The van der Waals surface area contributed by atoms with Gasteiger partial charge in [-0.3, -0.25) is 14.4 Å². The van der Waals surface area contributed by atoms with Gasteiger partial charge in [0.1, 0.15) is 13.2 Å². The molecule has 0 N–H and O–H groups in total. The van der Waals surface area contributed by atoms with E-state index in [0.29, 0.717) is 25.7 Å². The molecule has 0 saturated carbocycles. The number of unbranched alkanes of at least 4 members (excludes halogenated alkanes) is 20. The van der Waals surface area contributed by atoms with E-state index in [9.17, 15) is 14.4 Å². The second kappa shape index (κ2) is 49.7. The molecule has 0 bridgehead atoms. The average Bonchev–Trinajstić information content (AvgIpc) is 3.27. The van der Waals surface area contributed by atoms with Gasteiger partial charge in [0.25, 0.3) is 0 Å². The van der Waals surface area contributed by atoms with Gasteiger partial charge in [-0.15, -0.1) is 0 Å². The van der Waals surface area contributed by atoms with Crippen LogP contribution in [0.3, 0.4) is 0 Å². The van der Waals surface area contributed by atoms with Crippen LogP contribution in [-0.2, 0) is 28.6 Å². The lowest BCUT2D eigenvalue weighted by Gasteiger charge is -2.18. The van der Waals surface area contributed by atoms with Gasteiger partial charge >= 0.3 is 17.9 Å². The molecule has 0 aliphatic carbocycles. The van der Waals surface area contributed by atoms with Crippen LogP contribution in [0.4, 0.5) is 0 Å². The maximum atomic E-state index is 12.8. The molecule has 1 unspecified atom stereocenters. The summed E-state index contributed by atoms with van der Waals surface area (Å²) in [5, 5.41) is 0. The summed E-state index contributed by atoms with van der Waals surface area (Å²) in [5.74, 6) is -1.02. The summed E-state index contributed by atoms with van der Waals surface area (Å²) in [6, 6.07) is 0. The fourth-order valence-electron chi connectivity index (χ4n) is 6.41. The molecule has 0 amide bonds. The molecule has 0 heterocycles. The summed E-state index contributed by atoms with van der Waals surface area (Å²) < 4.78 is 16.7. The average molecular weight is 859 g/mol. The van der Waals surface area contributed by atoms with Crippen LogP contribution < -0.4 is 0 Å². The molecule has 0 spiro atoms. The molecule has 6 heteroatoms. The van der Waals surface area contributed by atoms with E-state index >= 15 is 0 Å². The number of allylic oxidation sites excluding steroid dienone is 18. The van der Waals surface area contributed by atoms with Crippen molar-refractivity contribution in [2.24, 2.45) is 0 Å². The first-order valence-corrected chi connectivity index (χ1v) is 25.0. The number of rotatable bonds is 43. The lowest BCUT2D eigenvalue weighted by Crippen LogP contribution is -2.30. The summed E-state index contributed by atoms with van der Waals surface area (Å²) in [7, 11) is 0. The summed E-state index contributed by atoms with van der Waals surface area (Å²) in [5.41, 5.74) is 0. The first-order chi connectivity index (χ1) is 30.5. The number of carbonyl (C=O) groups is 3. The largest absolute Gasteiger partial charge is 0.462 e. The van der Waals surface area contributed by atoms with Crippen LogP contribution in [0.5, 0.6) is 0 Å². The van der Waals surface area contributed by atoms with Crippen LogP contribution in [0.15, 0.2) is 109 Å². The van der Waals surface area contributed by atoms with Crippen LogP contribution in [0.1, 0.15) is 207 Å². The van der Waals surface area contributed by atoms with Gasteiger partial charge < -0.3 is 14.2 Å². The predicted molar refractivity (Wildman–Crippen MR) is 265 cm³/mol. The Kier molecular flexibility index (Phi) is 46.6. The van der Waals surface area contributed by atoms with E-state index in [2.05, 4.69) is 69.4 Å². The fraction of sp³-hybridized carbons (Fsp3) is 0.625. The first kappa shape index (κ1) is 58.1. The molecule has 350 valence electrons. The maximum absolute atomic E-state index is 12.8. The molecule has 0 aliphatic heterocycles. The van der Waals surface area contributed by atoms with Crippen molar-refractivity contribution in [1.82, 2.24) is 0 Å². The minimum absolute atomic E-state index is 0.115. The normalized spacial score (nSPS) is 13.0. The van der Waals surface area contributed by atoms with Gasteiger partial charge in [-0.05, 0) is 83.5 Å². The Balaban J connectivity index is 4.49. The number of ether oxygens (including phenoxy) is 3. The first-order valence-electron chi connectivity index (χ1n) is 25.0. The SMILES string of the molecule is CC\C=C/C=C\C=C/C=C\C=C\C=C/CCCCCC(=O)OC(COC(=O)CCC/C=C\CCCCCC)COC(=O)CCCCCCC/C=C\C=C/CCCCCCCCC. The van der Waals surface area contributed by atoms with Gasteiger partial charge in [-0.1, -0.05) is 214 Å². The molecule has 0 fully saturated rings. The van der Waals surface area contributed by atoms with Crippen molar-refractivity contribution in [3.8, 4) is 0 Å². The van der Waals surface area contributed by atoms with Gasteiger partial charge in [0.05, 0.1) is 0 Å². The van der Waals surface area contributed by atoms with E-state index in [0.717, 1.165) is 77.0 Å². The molecule has 0 aromatic carbocycles. The molecule has 6 nitrogen and oxygen atoms in total. The monoisotopic (exact) mass is 859 g/mol. The summed E-state index contributed by atoms with van der Waals surface area (Å²) in [6.45, 7) is 6.36. The second-order valence-electron chi connectivity index (χ2n) is 16.2. The van der Waals surface area contributed by atoms with Gasteiger partial charge in [0, 0.05) is 19.3 Å². The lowest BCUT2D eigenvalue weighted by atomic mass is 10.1. The van der Waals surface area contributed by atoms with Crippen molar-refractivity contribution in [1.29, 1.82) is 0 Å². The van der Waals surface area contributed by atoms with Crippen LogP contribution in [-0.4, -0.2) is 37.2 Å².